The van der Waals surface area contributed by atoms with Crippen molar-refractivity contribution < 1.29 is 18.8 Å². The van der Waals surface area contributed by atoms with Crippen molar-refractivity contribution in [3.8, 4) is 0 Å². The Morgan fingerprint density at radius 1 is 1.39 bits per heavy atom. The predicted molar refractivity (Wildman–Crippen MR) is 71.5 cm³/mol. The standard InChI is InChI=1S/C13H22O4Si/c1-16-18(2,3)9-7-5-4-6-8-11-10-12(14)17-13(11)15/h4,6,11H,5,7-10H2,1-3H3/b6-4+. The van der Waals surface area contributed by atoms with E-state index in [9.17, 15) is 9.59 Å². The van der Waals surface area contributed by atoms with Gasteiger partial charge in [0.05, 0.1) is 12.3 Å². The molecule has 0 aromatic rings. The number of unbranched alkanes of at least 4 members (excludes halogenated alkanes) is 1. The molecule has 102 valence electrons. The van der Waals surface area contributed by atoms with Gasteiger partial charge in [-0.1, -0.05) is 18.6 Å². The predicted octanol–water partition coefficient (Wildman–Crippen LogP) is 2.65. The number of cyclic esters (lactones) is 2. The second-order valence-electron chi connectivity index (χ2n) is 5.26. The molecule has 1 aliphatic rings. The van der Waals surface area contributed by atoms with Gasteiger partial charge < -0.3 is 9.16 Å². The summed E-state index contributed by atoms with van der Waals surface area (Å²) in [5.74, 6) is -1.04. The summed E-state index contributed by atoms with van der Waals surface area (Å²) in [7, 11) is 0.347. The molecule has 1 saturated heterocycles. The van der Waals surface area contributed by atoms with E-state index in [0.717, 1.165) is 18.9 Å². The Kier molecular flexibility index (Phi) is 5.75. The van der Waals surface area contributed by atoms with Gasteiger partial charge in [0.2, 0.25) is 0 Å². The lowest BCUT2D eigenvalue weighted by atomic mass is 10.0. The molecule has 5 heteroatoms. The monoisotopic (exact) mass is 270 g/mol. The van der Waals surface area contributed by atoms with Crippen LogP contribution in [0.2, 0.25) is 19.1 Å². The molecule has 0 aromatic carbocycles. The van der Waals surface area contributed by atoms with Crippen LogP contribution in [0.4, 0.5) is 0 Å². The molecule has 1 unspecified atom stereocenters. The van der Waals surface area contributed by atoms with Gasteiger partial charge in [0.25, 0.3) is 0 Å². The summed E-state index contributed by atoms with van der Waals surface area (Å²) < 4.78 is 9.96. The number of esters is 2. The minimum absolute atomic E-state index is 0.229. The quantitative estimate of drug-likeness (QED) is 0.235. The fourth-order valence-electron chi connectivity index (χ4n) is 1.83. The summed E-state index contributed by atoms with van der Waals surface area (Å²) in [5, 5.41) is 0. The highest BCUT2D eigenvalue weighted by Crippen LogP contribution is 2.20. The lowest BCUT2D eigenvalue weighted by molar-refractivity contribution is -0.153. The first-order valence-corrected chi connectivity index (χ1v) is 9.51. The molecule has 0 N–H and O–H groups in total. The lowest BCUT2D eigenvalue weighted by Gasteiger charge is -2.18. The maximum Gasteiger partial charge on any atom is 0.317 e. The number of ether oxygens (including phenoxy) is 1. The fraction of sp³-hybridized carbons (Fsp3) is 0.692. The highest BCUT2D eigenvalue weighted by Gasteiger charge is 2.32. The van der Waals surface area contributed by atoms with E-state index in [4.69, 9.17) is 4.43 Å². The van der Waals surface area contributed by atoms with Crippen LogP contribution in [0.5, 0.6) is 0 Å². The van der Waals surface area contributed by atoms with E-state index in [1.165, 1.54) is 0 Å². The highest BCUT2D eigenvalue weighted by atomic mass is 28.4. The first kappa shape index (κ1) is 15.1. The van der Waals surface area contributed by atoms with Crippen molar-refractivity contribution in [2.45, 2.75) is 44.8 Å². The van der Waals surface area contributed by atoms with Gasteiger partial charge in [-0.3, -0.25) is 9.59 Å². The molecular weight excluding hydrogens is 248 g/mol. The summed E-state index contributed by atoms with van der Waals surface area (Å²) in [6, 6.07) is 1.14. The smallest absolute Gasteiger partial charge is 0.317 e. The van der Waals surface area contributed by atoms with E-state index in [1.807, 2.05) is 6.08 Å². The molecule has 18 heavy (non-hydrogen) atoms. The summed E-state index contributed by atoms with van der Waals surface area (Å²) in [5.41, 5.74) is 0. The topological polar surface area (TPSA) is 52.6 Å². The van der Waals surface area contributed by atoms with E-state index in [1.54, 1.807) is 7.11 Å². The molecule has 0 radical (unpaired) electrons. The molecule has 0 saturated carbocycles. The van der Waals surface area contributed by atoms with Crippen molar-refractivity contribution in [2.24, 2.45) is 5.92 Å². The van der Waals surface area contributed by atoms with Crippen molar-refractivity contribution in [1.82, 2.24) is 0 Å². The molecule has 4 nitrogen and oxygen atoms in total. The number of rotatable bonds is 7. The van der Waals surface area contributed by atoms with Crippen LogP contribution in [0.1, 0.15) is 25.7 Å². The molecular formula is C13H22O4Si. The second kappa shape index (κ2) is 6.85. The molecule has 0 bridgehead atoms. The third-order valence-electron chi connectivity index (χ3n) is 3.25. The highest BCUT2D eigenvalue weighted by molar-refractivity contribution is 6.71. The Balaban J connectivity index is 2.15. The average Bonchev–Trinajstić information content (AvgIpc) is 2.62. The number of hydrogen-bond acceptors (Lipinski definition) is 4. The number of hydrogen-bond donors (Lipinski definition) is 0. The summed E-state index contributed by atoms with van der Waals surface area (Å²) in [6.45, 7) is 4.41. The zero-order chi connectivity index (χ0) is 13.6. The summed E-state index contributed by atoms with van der Waals surface area (Å²) in [4.78, 5) is 22.1. The van der Waals surface area contributed by atoms with Gasteiger partial charge in [0, 0.05) is 7.11 Å². The van der Waals surface area contributed by atoms with Gasteiger partial charge >= 0.3 is 11.9 Å². The van der Waals surface area contributed by atoms with Crippen LogP contribution in [0, 0.1) is 5.92 Å². The summed E-state index contributed by atoms with van der Waals surface area (Å²) >= 11 is 0. The van der Waals surface area contributed by atoms with Crippen molar-refractivity contribution in [1.29, 1.82) is 0 Å². The first-order valence-electron chi connectivity index (χ1n) is 6.39. The molecule has 1 fully saturated rings. The number of allylic oxidation sites excluding steroid dienone is 2. The zero-order valence-corrected chi connectivity index (χ0v) is 12.4. The molecule has 1 aliphatic heterocycles. The van der Waals surface area contributed by atoms with E-state index in [0.29, 0.717) is 6.42 Å². The second-order valence-corrected chi connectivity index (χ2v) is 9.68. The minimum atomic E-state index is -1.44. The SMILES string of the molecule is CO[Si](C)(C)CCC/C=C/CC1CC(=O)OC1=O. The zero-order valence-electron chi connectivity index (χ0n) is 11.4. The molecule has 0 aromatic heterocycles. The van der Waals surface area contributed by atoms with Crippen LogP contribution in [-0.4, -0.2) is 27.4 Å². The Morgan fingerprint density at radius 3 is 2.67 bits per heavy atom. The maximum atomic E-state index is 11.2. The van der Waals surface area contributed by atoms with Gasteiger partial charge in [-0.05, 0) is 32.0 Å². The van der Waals surface area contributed by atoms with Gasteiger partial charge in [-0.25, -0.2) is 0 Å². The normalized spacial score (nSPS) is 20.7. The third-order valence-corrected chi connectivity index (χ3v) is 5.91. The lowest BCUT2D eigenvalue weighted by Crippen LogP contribution is -2.27. The van der Waals surface area contributed by atoms with E-state index in [2.05, 4.69) is 23.9 Å². The maximum absolute atomic E-state index is 11.2. The van der Waals surface area contributed by atoms with Crippen molar-refractivity contribution in [3.05, 3.63) is 12.2 Å². The Bertz CT molecular complexity index is 336. The molecule has 1 atom stereocenters. The van der Waals surface area contributed by atoms with E-state index in [-0.39, 0.29) is 18.3 Å². The molecule has 0 aliphatic carbocycles. The number of carbonyl (C=O) groups excluding carboxylic acids is 2. The van der Waals surface area contributed by atoms with Crippen LogP contribution >= 0.6 is 0 Å². The van der Waals surface area contributed by atoms with E-state index < -0.39 is 14.3 Å². The van der Waals surface area contributed by atoms with Crippen molar-refractivity contribution in [3.63, 3.8) is 0 Å². The van der Waals surface area contributed by atoms with Gasteiger partial charge in [0.15, 0.2) is 8.32 Å². The Hall–Kier alpha value is -0.943. The van der Waals surface area contributed by atoms with Crippen molar-refractivity contribution in [2.75, 3.05) is 7.11 Å². The van der Waals surface area contributed by atoms with Gasteiger partial charge in [-0.15, -0.1) is 0 Å². The summed E-state index contributed by atoms with van der Waals surface area (Å²) in [6.07, 6.45) is 7.00. The van der Waals surface area contributed by atoms with Crippen molar-refractivity contribution >= 4 is 20.3 Å². The van der Waals surface area contributed by atoms with Gasteiger partial charge in [-0.2, -0.15) is 0 Å². The Morgan fingerprint density at radius 2 is 2.11 bits per heavy atom. The fourth-order valence-corrected chi connectivity index (χ4v) is 3.09. The van der Waals surface area contributed by atoms with Crippen LogP contribution in [0.25, 0.3) is 0 Å². The largest absolute Gasteiger partial charge is 0.420 e. The van der Waals surface area contributed by atoms with Crippen LogP contribution in [0.15, 0.2) is 12.2 Å². The first-order chi connectivity index (χ1) is 8.44. The minimum Gasteiger partial charge on any atom is -0.420 e. The van der Waals surface area contributed by atoms with Crippen LogP contribution in [0.3, 0.4) is 0 Å². The van der Waals surface area contributed by atoms with E-state index >= 15 is 0 Å². The van der Waals surface area contributed by atoms with Crippen LogP contribution < -0.4 is 0 Å². The third kappa shape index (κ3) is 5.14. The Labute approximate surface area is 109 Å². The van der Waals surface area contributed by atoms with Crippen LogP contribution in [-0.2, 0) is 18.8 Å². The number of carbonyl (C=O) groups is 2. The molecule has 1 heterocycles. The average molecular weight is 270 g/mol. The molecule has 0 amide bonds. The molecule has 1 rings (SSSR count). The molecule has 0 spiro atoms. The van der Waals surface area contributed by atoms with Gasteiger partial charge in [0.1, 0.15) is 0 Å².